The van der Waals surface area contributed by atoms with Crippen molar-refractivity contribution in [1.82, 2.24) is 0 Å². The molecule has 124 valence electrons. The van der Waals surface area contributed by atoms with Crippen LogP contribution in [-0.4, -0.2) is 36.5 Å². The molecule has 0 aromatic carbocycles. The van der Waals surface area contributed by atoms with E-state index >= 15 is 0 Å². The van der Waals surface area contributed by atoms with Crippen LogP contribution in [0.4, 0.5) is 43.9 Å². The number of alkyl halides is 9. The van der Waals surface area contributed by atoms with Gasteiger partial charge in [-0.1, -0.05) is 6.58 Å². The van der Waals surface area contributed by atoms with Crippen LogP contribution in [0.1, 0.15) is 6.42 Å². The van der Waals surface area contributed by atoms with Crippen molar-refractivity contribution in [2.24, 2.45) is 0 Å². The lowest BCUT2D eigenvalue weighted by Crippen LogP contribution is -2.61. The highest BCUT2D eigenvalue weighted by Gasteiger charge is 2.81. The summed E-state index contributed by atoms with van der Waals surface area (Å²) < 4.78 is 127. The van der Waals surface area contributed by atoms with Crippen molar-refractivity contribution in [3.63, 3.8) is 0 Å². The molecule has 0 aromatic rings. The zero-order valence-corrected chi connectivity index (χ0v) is 9.72. The molecule has 0 N–H and O–H groups in total. The van der Waals surface area contributed by atoms with Gasteiger partial charge in [0.1, 0.15) is 0 Å². The van der Waals surface area contributed by atoms with Gasteiger partial charge in [-0.25, -0.2) is 4.79 Å². The van der Waals surface area contributed by atoms with Gasteiger partial charge in [0.2, 0.25) is 5.83 Å². The van der Waals surface area contributed by atoms with Crippen LogP contribution in [0.5, 0.6) is 0 Å². The van der Waals surface area contributed by atoms with Crippen LogP contribution < -0.4 is 0 Å². The van der Waals surface area contributed by atoms with Crippen molar-refractivity contribution in [3.05, 3.63) is 12.4 Å². The largest absolute Gasteiger partial charge is 0.460 e. The average molecular weight is 336 g/mol. The van der Waals surface area contributed by atoms with E-state index in [-0.39, 0.29) is 0 Å². The Bertz CT molecular complexity index is 411. The fraction of sp³-hybridized carbons (Fsp3) is 0.667. The van der Waals surface area contributed by atoms with Gasteiger partial charge in [0.25, 0.3) is 0 Å². The molecule has 2 nitrogen and oxygen atoms in total. The minimum absolute atomic E-state index is 1.72. The Morgan fingerprint density at radius 1 is 0.905 bits per heavy atom. The van der Waals surface area contributed by atoms with Gasteiger partial charge >= 0.3 is 29.9 Å². The van der Waals surface area contributed by atoms with Gasteiger partial charge in [0, 0.05) is 0 Å². The van der Waals surface area contributed by atoms with Crippen LogP contribution in [0.2, 0.25) is 0 Å². The number of carbonyl (C=O) groups is 1. The molecule has 0 radical (unpaired) electrons. The predicted octanol–water partition coefficient (Wildman–Crippen LogP) is 3.87. The van der Waals surface area contributed by atoms with Crippen LogP contribution >= 0.6 is 0 Å². The Morgan fingerprint density at radius 3 is 1.67 bits per heavy atom. The van der Waals surface area contributed by atoms with Crippen LogP contribution in [0.25, 0.3) is 0 Å². The summed E-state index contributed by atoms with van der Waals surface area (Å²) >= 11 is 0. The zero-order valence-electron chi connectivity index (χ0n) is 9.72. The van der Waals surface area contributed by atoms with E-state index in [2.05, 4.69) is 11.3 Å². The average Bonchev–Trinajstić information content (AvgIpc) is 2.26. The van der Waals surface area contributed by atoms with E-state index in [1.165, 1.54) is 0 Å². The molecule has 21 heavy (non-hydrogen) atoms. The quantitative estimate of drug-likeness (QED) is 0.418. The maximum Gasteiger partial charge on any atom is 0.460 e. The Labute approximate surface area is 110 Å². The molecular weight excluding hydrogens is 330 g/mol. The van der Waals surface area contributed by atoms with E-state index in [0.29, 0.717) is 0 Å². The number of ether oxygens (including phenoxy) is 1. The highest BCUT2D eigenvalue weighted by molar-refractivity contribution is 5.85. The first kappa shape index (κ1) is 19.5. The predicted molar refractivity (Wildman–Crippen MR) is 46.7 cm³/mol. The van der Waals surface area contributed by atoms with E-state index < -0.39 is 48.8 Å². The molecule has 0 fully saturated rings. The van der Waals surface area contributed by atoms with Crippen LogP contribution in [0, 0.1) is 0 Å². The minimum atomic E-state index is -7.02. The number of hydrogen-bond acceptors (Lipinski definition) is 2. The van der Waals surface area contributed by atoms with E-state index in [4.69, 9.17) is 0 Å². The number of rotatable bonds is 6. The summed E-state index contributed by atoms with van der Waals surface area (Å²) in [6, 6.07) is 0. The summed E-state index contributed by atoms with van der Waals surface area (Å²) in [6.45, 7) is 0.621. The van der Waals surface area contributed by atoms with E-state index in [1.807, 2.05) is 0 Å². The van der Waals surface area contributed by atoms with Gasteiger partial charge in [0.15, 0.2) is 0 Å². The van der Waals surface area contributed by atoms with Crippen LogP contribution in [0.3, 0.4) is 0 Å². The first-order valence-corrected chi connectivity index (χ1v) is 4.79. The van der Waals surface area contributed by atoms with Gasteiger partial charge in [-0.2, -0.15) is 43.9 Å². The lowest BCUT2D eigenvalue weighted by atomic mass is 10.0. The first-order valence-electron chi connectivity index (χ1n) is 4.79. The highest BCUT2D eigenvalue weighted by Crippen LogP contribution is 2.53. The summed E-state index contributed by atoms with van der Waals surface area (Å²) in [5.41, 5.74) is 0. The lowest BCUT2D eigenvalue weighted by molar-refractivity contribution is -0.397. The molecule has 0 aromatic heterocycles. The van der Waals surface area contributed by atoms with Gasteiger partial charge in [-0.15, -0.1) is 0 Å². The Balaban J connectivity index is 5.05. The standard InChI is InChI=1S/C9H6F10O2/c1-4(10)5(20)21-3-2-6(11,12)7(13,14)8(15,16)9(17,18)19/h1-3H2. The summed E-state index contributed by atoms with van der Waals surface area (Å²) in [5.74, 6) is -23.4. The molecular formula is C9H6F10O2. The zero-order chi connectivity index (χ0) is 17.3. The van der Waals surface area contributed by atoms with Crippen molar-refractivity contribution in [3.8, 4) is 0 Å². The number of halogens is 10. The third-order valence-corrected chi connectivity index (χ3v) is 2.08. The molecule has 0 spiro atoms. The van der Waals surface area contributed by atoms with E-state index in [9.17, 15) is 48.7 Å². The fourth-order valence-electron chi connectivity index (χ4n) is 0.915. The van der Waals surface area contributed by atoms with Gasteiger partial charge < -0.3 is 4.74 Å². The van der Waals surface area contributed by atoms with Crippen molar-refractivity contribution in [1.29, 1.82) is 0 Å². The minimum Gasteiger partial charge on any atom is -0.460 e. The van der Waals surface area contributed by atoms with Crippen molar-refractivity contribution < 1.29 is 53.4 Å². The summed E-state index contributed by atoms with van der Waals surface area (Å²) in [6.07, 6.45) is -9.31. The SMILES string of the molecule is C=C(F)C(=O)OCCC(F)(F)C(F)(F)C(F)(F)C(F)(F)F. The highest BCUT2D eigenvalue weighted by atomic mass is 19.4. The second-order valence-corrected chi connectivity index (χ2v) is 3.64. The maximum atomic E-state index is 12.8. The Hall–Kier alpha value is -1.49. The van der Waals surface area contributed by atoms with Gasteiger partial charge in [-0.3, -0.25) is 0 Å². The molecule has 0 bridgehead atoms. The molecule has 0 rings (SSSR count). The molecule has 0 saturated carbocycles. The van der Waals surface area contributed by atoms with E-state index in [1.54, 1.807) is 0 Å². The molecule has 0 atom stereocenters. The molecule has 0 heterocycles. The van der Waals surface area contributed by atoms with Crippen molar-refractivity contribution >= 4 is 5.97 Å². The molecule has 0 aliphatic heterocycles. The normalized spacial score (nSPS) is 14.0. The third kappa shape index (κ3) is 3.79. The van der Waals surface area contributed by atoms with Crippen LogP contribution in [0.15, 0.2) is 12.4 Å². The fourth-order valence-corrected chi connectivity index (χ4v) is 0.915. The first-order chi connectivity index (χ1) is 9.08. The summed E-state index contributed by atoms with van der Waals surface area (Å²) in [5, 5.41) is 0. The maximum absolute atomic E-state index is 12.8. The van der Waals surface area contributed by atoms with E-state index in [0.717, 1.165) is 0 Å². The number of hydrogen-bond donors (Lipinski definition) is 0. The topological polar surface area (TPSA) is 26.3 Å². The molecule has 12 heteroatoms. The summed E-state index contributed by atoms with van der Waals surface area (Å²) in [4.78, 5) is 10.4. The van der Waals surface area contributed by atoms with Crippen LogP contribution in [-0.2, 0) is 9.53 Å². The Kier molecular flexibility index (Phi) is 5.31. The van der Waals surface area contributed by atoms with Crippen molar-refractivity contribution in [2.45, 2.75) is 30.4 Å². The van der Waals surface area contributed by atoms with Gasteiger partial charge in [-0.05, 0) is 0 Å². The summed E-state index contributed by atoms with van der Waals surface area (Å²) in [7, 11) is 0. The number of carbonyl (C=O) groups excluding carboxylic acids is 1. The molecule has 0 aliphatic carbocycles. The monoisotopic (exact) mass is 336 g/mol. The molecule has 0 amide bonds. The second-order valence-electron chi connectivity index (χ2n) is 3.64. The van der Waals surface area contributed by atoms with Crippen molar-refractivity contribution in [2.75, 3.05) is 6.61 Å². The molecule has 0 unspecified atom stereocenters. The third-order valence-electron chi connectivity index (χ3n) is 2.08. The number of esters is 1. The lowest BCUT2D eigenvalue weighted by Gasteiger charge is -2.33. The molecule has 0 saturated heterocycles. The Morgan fingerprint density at radius 2 is 1.33 bits per heavy atom. The molecule has 0 aliphatic rings. The smallest absolute Gasteiger partial charge is 0.460 e. The van der Waals surface area contributed by atoms with Gasteiger partial charge in [0.05, 0.1) is 13.0 Å². The second kappa shape index (κ2) is 5.72.